The van der Waals surface area contributed by atoms with Crippen LogP contribution < -0.4 is 10.6 Å². The lowest BCUT2D eigenvalue weighted by atomic mass is 9.72. The quantitative estimate of drug-likeness (QED) is 0.510. The standard InChI is InChI=1S/C20H26N3O2/c1-3-13-12-23(21)9-7-14(13)10-19(23)20(24)16-6-8-22-18-5-4-15(25-2)11-17(16)18/h3-6,8,11,13-14,19-20,24H,1,7,9-10,12,21H2,2H3/q+1/t13-,14-,19-,20+,23+/m0/s1. The summed E-state index contributed by atoms with van der Waals surface area (Å²) in [5, 5.41) is 12.2. The molecule has 5 rings (SSSR count). The molecule has 2 aromatic rings. The number of aliphatic hydroxyl groups is 1. The molecule has 3 aliphatic heterocycles. The number of aliphatic hydroxyl groups excluding tert-OH is 1. The summed E-state index contributed by atoms with van der Waals surface area (Å²) in [4.78, 5) is 4.42. The molecular weight excluding hydrogens is 314 g/mol. The Balaban J connectivity index is 1.73. The average molecular weight is 340 g/mol. The van der Waals surface area contributed by atoms with Gasteiger partial charge in [-0.25, -0.2) is 4.59 Å². The van der Waals surface area contributed by atoms with Crippen molar-refractivity contribution in [3.05, 3.63) is 48.7 Å². The molecule has 0 amide bonds. The van der Waals surface area contributed by atoms with Crippen LogP contribution in [-0.2, 0) is 0 Å². The minimum Gasteiger partial charge on any atom is -0.497 e. The van der Waals surface area contributed by atoms with Gasteiger partial charge in [0.25, 0.3) is 0 Å². The Hall–Kier alpha value is -1.95. The number of piperidine rings is 3. The molecule has 0 radical (unpaired) electrons. The van der Waals surface area contributed by atoms with Crippen molar-refractivity contribution < 1.29 is 14.4 Å². The Labute approximate surface area is 148 Å². The first-order chi connectivity index (χ1) is 12.1. The third-order valence-corrected chi connectivity index (χ3v) is 6.25. The number of fused-ring (bicyclic) bond motifs is 4. The number of pyridine rings is 1. The fraction of sp³-hybridized carbons (Fsp3) is 0.450. The molecule has 3 aliphatic rings. The first-order valence-electron chi connectivity index (χ1n) is 8.94. The minimum absolute atomic E-state index is 0.00625. The molecule has 3 saturated heterocycles. The lowest BCUT2D eigenvalue weighted by Crippen LogP contribution is -2.71. The van der Waals surface area contributed by atoms with E-state index in [0.29, 0.717) is 16.4 Å². The lowest BCUT2D eigenvalue weighted by molar-refractivity contribution is -0.984. The smallest absolute Gasteiger partial charge is 0.137 e. The molecule has 3 fully saturated rings. The topological polar surface area (TPSA) is 68.4 Å². The Morgan fingerprint density at radius 1 is 1.44 bits per heavy atom. The van der Waals surface area contributed by atoms with E-state index in [2.05, 4.69) is 11.6 Å². The van der Waals surface area contributed by atoms with E-state index in [9.17, 15) is 5.11 Å². The number of methoxy groups -OCH3 is 1. The first-order valence-corrected chi connectivity index (χ1v) is 8.94. The van der Waals surface area contributed by atoms with Crippen LogP contribution in [-0.4, -0.2) is 40.9 Å². The highest BCUT2D eigenvalue weighted by Crippen LogP contribution is 2.44. The number of quaternary nitrogens is 1. The summed E-state index contributed by atoms with van der Waals surface area (Å²) in [6.45, 7) is 5.76. The Kier molecular flexibility index (Phi) is 4.02. The van der Waals surface area contributed by atoms with Gasteiger partial charge in [-0.3, -0.25) is 4.98 Å². The average Bonchev–Trinajstić information content (AvgIpc) is 2.66. The van der Waals surface area contributed by atoms with Crippen molar-refractivity contribution in [1.29, 1.82) is 0 Å². The van der Waals surface area contributed by atoms with Crippen LogP contribution in [0.2, 0.25) is 0 Å². The summed E-state index contributed by atoms with van der Waals surface area (Å²) in [6.07, 6.45) is 5.23. The van der Waals surface area contributed by atoms with Crippen molar-refractivity contribution in [1.82, 2.24) is 4.98 Å². The van der Waals surface area contributed by atoms with Crippen LogP contribution in [0.25, 0.3) is 10.9 Å². The summed E-state index contributed by atoms with van der Waals surface area (Å²) in [7, 11) is 1.65. The fourth-order valence-electron chi connectivity index (χ4n) is 4.78. The second-order valence-electron chi connectivity index (χ2n) is 7.49. The zero-order chi connectivity index (χ0) is 17.6. The molecule has 5 nitrogen and oxygen atoms in total. The monoisotopic (exact) mass is 340 g/mol. The third-order valence-electron chi connectivity index (χ3n) is 6.25. The Morgan fingerprint density at radius 2 is 2.28 bits per heavy atom. The normalized spacial score (nSPS) is 32.5. The van der Waals surface area contributed by atoms with Gasteiger partial charge >= 0.3 is 0 Å². The molecule has 5 heteroatoms. The molecule has 0 aliphatic carbocycles. The number of benzene rings is 1. The van der Waals surface area contributed by atoms with Gasteiger partial charge < -0.3 is 9.84 Å². The third kappa shape index (κ3) is 2.63. The van der Waals surface area contributed by atoms with Crippen molar-refractivity contribution >= 4 is 10.9 Å². The largest absolute Gasteiger partial charge is 0.497 e. The van der Waals surface area contributed by atoms with Gasteiger partial charge in [0.2, 0.25) is 0 Å². The predicted molar refractivity (Wildman–Crippen MR) is 97.6 cm³/mol. The fourth-order valence-corrected chi connectivity index (χ4v) is 4.78. The molecule has 1 aromatic carbocycles. The van der Waals surface area contributed by atoms with E-state index in [-0.39, 0.29) is 6.04 Å². The van der Waals surface area contributed by atoms with Gasteiger partial charge in [0.05, 0.1) is 19.2 Å². The van der Waals surface area contributed by atoms with Crippen LogP contribution in [0.1, 0.15) is 24.5 Å². The number of nitrogens with two attached hydrogens (primary N) is 1. The van der Waals surface area contributed by atoms with E-state index >= 15 is 0 Å². The molecular formula is C20H26N3O2+. The van der Waals surface area contributed by atoms with Crippen LogP contribution in [0.4, 0.5) is 0 Å². The van der Waals surface area contributed by atoms with Gasteiger partial charge in [-0.15, -0.1) is 6.58 Å². The molecule has 0 unspecified atom stereocenters. The number of aromatic nitrogens is 1. The summed E-state index contributed by atoms with van der Waals surface area (Å²) in [5.74, 6) is 8.53. The molecule has 1 aromatic heterocycles. The SMILES string of the molecule is C=C[C@H]1C[N@+]2(N)CC[C@H]1C[C@H]2[C@H](O)c1ccnc2ccc(OC)cc12. The van der Waals surface area contributed by atoms with Gasteiger partial charge in [-0.2, -0.15) is 5.84 Å². The van der Waals surface area contributed by atoms with Crippen molar-refractivity contribution in [3.63, 3.8) is 0 Å². The zero-order valence-electron chi connectivity index (χ0n) is 14.6. The van der Waals surface area contributed by atoms with Crippen LogP contribution in [0.5, 0.6) is 5.75 Å². The zero-order valence-corrected chi connectivity index (χ0v) is 14.6. The molecule has 2 bridgehead atoms. The van der Waals surface area contributed by atoms with E-state index in [0.717, 1.165) is 48.1 Å². The maximum absolute atomic E-state index is 11.3. The van der Waals surface area contributed by atoms with E-state index < -0.39 is 6.10 Å². The maximum Gasteiger partial charge on any atom is 0.137 e. The predicted octanol–water partition coefficient (Wildman–Crippen LogP) is 2.56. The molecule has 0 saturated carbocycles. The van der Waals surface area contributed by atoms with Gasteiger partial charge in [0.15, 0.2) is 0 Å². The Bertz CT molecular complexity index is 809. The molecule has 5 atom stereocenters. The summed E-state index contributed by atoms with van der Waals surface area (Å²) >= 11 is 0. The van der Waals surface area contributed by atoms with Gasteiger partial charge in [-0.1, -0.05) is 6.08 Å². The number of rotatable bonds is 4. The van der Waals surface area contributed by atoms with Gasteiger partial charge in [0, 0.05) is 30.3 Å². The highest BCUT2D eigenvalue weighted by Gasteiger charge is 2.52. The second-order valence-corrected chi connectivity index (χ2v) is 7.49. The molecule has 132 valence electrons. The van der Waals surface area contributed by atoms with Crippen molar-refractivity contribution in [2.24, 2.45) is 17.7 Å². The molecule has 4 heterocycles. The van der Waals surface area contributed by atoms with Crippen LogP contribution >= 0.6 is 0 Å². The maximum atomic E-state index is 11.3. The Morgan fingerprint density at radius 3 is 3.00 bits per heavy atom. The first kappa shape index (κ1) is 16.5. The molecule has 25 heavy (non-hydrogen) atoms. The van der Waals surface area contributed by atoms with Gasteiger partial charge in [0.1, 0.15) is 24.4 Å². The molecule has 3 N–H and O–H groups in total. The van der Waals surface area contributed by atoms with E-state index in [1.165, 1.54) is 0 Å². The summed E-state index contributed by atoms with van der Waals surface area (Å²) < 4.78 is 5.78. The number of hydrogen-bond acceptors (Lipinski definition) is 4. The number of hydrogen-bond donors (Lipinski definition) is 2. The number of ether oxygens (including phenoxy) is 1. The minimum atomic E-state index is -0.615. The van der Waals surface area contributed by atoms with E-state index in [1.807, 2.05) is 30.3 Å². The van der Waals surface area contributed by atoms with Crippen LogP contribution in [0, 0.1) is 11.8 Å². The number of nitrogens with zero attached hydrogens (tertiary/aromatic N) is 2. The highest BCUT2D eigenvalue weighted by atomic mass is 16.5. The van der Waals surface area contributed by atoms with Crippen molar-refractivity contribution in [2.75, 3.05) is 20.2 Å². The van der Waals surface area contributed by atoms with E-state index in [1.54, 1.807) is 13.3 Å². The van der Waals surface area contributed by atoms with Crippen molar-refractivity contribution in [3.8, 4) is 5.75 Å². The molecule has 0 spiro atoms. The second kappa shape index (κ2) is 6.09. The van der Waals surface area contributed by atoms with Gasteiger partial charge in [-0.05, 0) is 35.7 Å². The lowest BCUT2D eigenvalue weighted by Gasteiger charge is -2.54. The van der Waals surface area contributed by atoms with E-state index in [4.69, 9.17) is 10.6 Å². The highest BCUT2D eigenvalue weighted by molar-refractivity contribution is 5.83. The van der Waals surface area contributed by atoms with Crippen LogP contribution in [0.15, 0.2) is 43.1 Å². The van der Waals surface area contributed by atoms with Crippen LogP contribution in [0.3, 0.4) is 0 Å². The summed E-state index contributed by atoms with van der Waals surface area (Å²) in [5.41, 5.74) is 1.75. The van der Waals surface area contributed by atoms with Crippen molar-refractivity contribution in [2.45, 2.75) is 25.0 Å². The summed E-state index contributed by atoms with van der Waals surface area (Å²) in [6, 6.07) is 7.69.